The zero-order valence-electron chi connectivity index (χ0n) is 10.7. The summed E-state index contributed by atoms with van der Waals surface area (Å²) in [6.45, 7) is -0.694. The van der Waals surface area contributed by atoms with Crippen LogP contribution < -0.4 is 5.32 Å². The van der Waals surface area contributed by atoms with Crippen molar-refractivity contribution >= 4 is 5.91 Å². The van der Waals surface area contributed by atoms with Gasteiger partial charge < -0.3 is 10.1 Å². The van der Waals surface area contributed by atoms with Gasteiger partial charge in [0.25, 0.3) is 0 Å². The first kappa shape index (κ1) is 17.3. The van der Waals surface area contributed by atoms with Gasteiger partial charge in [0.2, 0.25) is 5.91 Å². The topological polar surface area (TPSA) is 38.3 Å². The predicted molar refractivity (Wildman–Crippen MR) is 60.3 cm³/mol. The summed E-state index contributed by atoms with van der Waals surface area (Å²) in [5.41, 5.74) is -2.52. The molecule has 0 aliphatic rings. The second-order valence-corrected chi connectivity index (χ2v) is 4.06. The summed E-state index contributed by atoms with van der Waals surface area (Å²) < 4.78 is 81.5. The molecule has 0 saturated carbocycles. The number of rotatable bonds is 4. The van der Waals surface area contributed by atoms with E-state index in [-0.39, 0.29) is 0 Å². The van der Waals surface area contributed by atoms with E-state index in [1.165, 1.54) is 5.32 Å². The second-order valence-electron chi connectivity index (χ2n) is 4.06. The van der Waals surface area contributed by atoms with Crippen LogP contribution in [0.3, 0.4) is 0 Å². The zero-order valence-corrected chi connectivity index (χ0v) is 10.7. The first-order chi connectivity index (χ1) is 9.57. The molecule has 1 amide bonds. The Labute approximate surface area is 115 Å². The van der Waals surface area contributed by atoms with Crippen molar-refractivity contribution in [2.75, 3.05) is 13.7 Å². The Morgan fingerprint density at radius 3 is 2.24 bits per heavy atom. The molecule has 0 bridgehead atoms. The molecule has 0 fully saturated rings. The van der Waals surface area contributed by atoms with Gasteiger partial charge in [-0.15, -0.1) is 0 Å². The molecule has 1 unspecified atom stereocenters. The summed E-state index contributed by atoms with van der Waals surface area (Å²) in [6.07, 6.45) is -10.0. The fourth-order valence-corrected chi connectivity index (χ4v) is 1.68. The lowest BCUT2D eigenvalue weighted by molar-refractivity contribution is -0.168. The van der Waals surface area contributed by atoms with Crippen LogP contribution in [0.5, 0.6) is 0 Å². The first-order valence-electron chi connectivity index (χ1n) is 5.58. The molecule has 3 nitrogen and oxygen atoms in total. The lowest BCUT2D eigenvalue weighted by atomic mass is 9.99. The largest absolute Gasteiger partial charge is 0.416 e. The average molecular weight is 315 g/mol. The highest BCUT2D eigenvalue weighted by Crippen LogP contribution is 2.40. The number of alkyl halides is 6. The number of amides is 1. The fourth-order valence-electron chi connectivity index (χ4n) is 1.68. The molecule has 0 saturated heterocycles. The van der Waals surface area contributed by atoms with Gasteiger partial charge in [-0.1, -0.05) is 18.2 Å². The third kappa shape index (κ3) is 4.62. The number of hydrogen-bond donors (Lipinski definition) is 1. The van der Waals surface area contributed by atoms with Crippen molar-refractivity contribution in [3.8, 4) is 0 Å². The molecule has 0 heterocycles. The van der Waals surface area contributed by atoms with E-state index in [0.29, 0.717) is 12.1 Å². The van der Waals surface area contributed by atoms with Crippen molar-refractivity contribution in [2.45, 2.75) is 18.4 Å². The van der Waals surface area contributed by atoms with Crippen LogP contribution in [-0.2, 0) is 15.7 Å². The van der Waals surface area contributed by atoms with Crippen LogP contribution in [0.2, 0.25) is 0 Å². The minimum atomic E-state index is -5.08. The molecular formula is C12H11F6NO2. The molecule has 0 spiro atoms. The second kappa shape index (κ2) is 6.33. The van der Waals surface area contributed by atoms with E-state index in [4.69, 9.17) is 0 Å². The van der Waals surface area contributed by atoms with Gasteiger partial charge in [0, 0.05) is 7.11 Å². The number of ether oxygens (including phenoxy) is 1. The van der Waals surface area contributed by atoms with Crippen LogP contribution in [0, 0.1) is 0 Å². The number of carbonyl (C=O) groups excluding carboxylic acids is 1. The molecule has 0 aromatic heterocycles. The van der Waals surface area contributed by atoms with Gasteiger partial charge in [-0.05, 0) is 11.6 Å². The smallest absolute Gasteiger partial charge is 0.375 e. The summed E-state index contributed by atoms with van der Waals surface area (Å²) in [5, 5.41) is 1.50. The number of carbonyl (C=O) groups is 1. The van der Waals surface area contributed by atoms with Crippen molar-refractivity contribution in [2.24, 2.45) is 0 Å². The van der Waals surface area contributed by atoms with Crippen LogP contribution in [0.4, 0.5) is 26.3 Å². The van der Waals surface area contributed by atoms with E-state index >= 15 is 0 Å². The van der Waals surface area contributed by atoms with Crippen LogP contribution in [-0.4, -0.2) is 25.8 Å². The van der Waals surface area contributed by atoms with Crippen molar-refractivity contribution in [3.63, 3.8) is 0 Å². The molecule has 1 aromatic rings. The quantitative estimate of drug-likeness (QED) is 0.867. The van der Waals surface area contributed by atoms with Crippen molar-refractivity contribution < 1.29 is 35.9 Å². The summed E-state index contributed by atoms with van der Waals surface area (Å²) in [4.78, 5) is 11.2. The molecule has 0 radical (unpaired) electrons. The number of nitrogens with one attached hydrogen (secondary N) is 1. The lowest BCUT2D eigenvalue weighted by Gasteiger charge is -2.24. The van der Waals surface area contributed by atoms with Gasteiger partial charge in [-0.2, -0.15) is 26.3 Å². The Kier molecular flexibility index (Phi) is 5.21. The van der Waals surface area contributed by atoms with Gasteiger partial charge in [-0.25, -0.2) is 0 Å². The van der Waals surface area contributed by atoms with Gasteiger partial charge in [0.05, 0.1) is 5.56 Å². The maximum Gasteiger partial charge on any atom is 0.416 e. The van der Waals surface area contributed by atoms with Crippen LogP contribution in [0.1, 0.15) is 17.2 Å². The van der Waals surface area contributed by atoms with Gasteiger partial charge in [0.1, 0.15) is 6.61 Å². The molecule has 0 aliphatic heterocycles. The van der Waals surface area contributed by atoms with E-state index in [1.807, 2.05) is 0 Å². The highest BCUT2D eigenvalue weighted by atomic mass is 19.4. The molecule has 1 rings (SSSR count). The molecule has 21 heavy (non-hydrogen) atoms. The van der Waals surface area contributed by atoms with Gasteiger partial charge in [0.15, 0.2) is 6.04 Å². The third-order valence-corrected chi connectivity index (χ3v) is 2.49. The summed E-state index contributed by atoms with van der Waals surface area (Å²) >= 11 is 0. The minimum absolute atomic E-state index is 0.524. The maximum absolute atomic E-state index is 13.0. The van der Waals surface area contributed by atoms with Crippen molar-refractivity contribution in [1.29, 1.82) is 0 Å². The predicted octanol–water partition coefficient (Wildman–Crippen LogP) is 3.07. The molecule has 9 heteroatoms. The molecule has 1 atom stereocenters. The van der Waals surface area contributed by atoms with E-state index in [9.17, 15) is 31.1 Å². The normalized spacial score (nSPS) is 13.9. The molecule has 1 N–H and O–H groups in total. The van der Waals surface area contributed by atoms with E-state index in [1.54, 1.807) is 0 Å². The van der Waals surface area contributed by atoms with Gasteiger partial charge >= 0.3 is 12.4 Å². The van der Waals surface area contributed by atoms with E-state index in [0.717, 1.165) is 19.2 Å². The highest BCUT2D eigenvalue weighted by Gasteiger charge is 2.46. The number of methoxy groups -OCH3 is 1. The Morgan fingerprint density at radius 2 is 1.76 bits per heavy atom. The molecular weight excluding hydrogens is 304 g/mol. The van der Waals surface area contributed by atoms with Crippen molar-refractivity contribution in [1.82, 2.24) is 5.32 Å². The Bertz CT molecular complexity index is 497. The highest BCUT2D eigenvalue weighted by molar-refractivity contribution is 5.77. The molecule has 118 valence electrons. The van der Waals surface area contributed by atoms with E-state index in [2.05, 4.69) is 4.74 Å². The Hall–Kier alpha value is -1.77. The summed E-state index contributed by atoms with van der Waals surface area (Å²) in [6, 6.07) is 0.436. The molecule has 0 aliphatic carbocycles. The van der Waals surface area contributed by atoms with Crippen LogP contribution in [0.15, 0.2) is 24.3 Å². The number of hydrogen-bond acceptors (Lipinski definition) is 2. The standard InChI is InChI=1S/C12H11F6NO2/c1-21-6-9(20)19-10(12(16,17)18)7-4-2-3-5-8(7)11(13,14)15/h2-5,10H,6H2,1H3,(H,19,20). The summed E-state index contributed by atoms with van der Waals surface area (Å²) in [7, 11) is 1.08. The van der Waals surface area contributed by atoms with Crippen LogP contribution >= 0.6 is 0 Å². The SMILES string of the molecule is COCC(=O)NC(c1ccccc1C(F)(F)F)C(F)(F)F. The average Bonchev–Trinajstić information content (AvgIpc) is 2.34. The monoisotopic (exact) mass is 315 g/mol. The fraction of sp³-hybridized carbons (Fsp3) is 0.417. The Morgan fingerprint density at radius 1 is 1.19 bits per heavy atom. The summed E-state index contributed by atoms with van der Waals surface area (Å²) in [5.74, 6) is -1.17. The molecule has 1 aromatic carbocycles. The maximum atomic E-state index is 13.0. The van der Waals surface area contributed by atoms with E-state index < -0.39 is 42.0 Å². The number of benzene rings is 1. The first-order valence-corrected chi connectivity index (χ1v) is 5.58. The lowest BCUT2D eigenvalue weighted by Crippen LogP contribution is -2.40. The van der Waals surface area contributed by atoms with Crippen molar-refractivity contribution in [3.05, 3.63) is 35.4 Å². The minimum Gasteiger partial charge on any atom is -0.375 e. The van der Waals surface area contributed by atoms with Crippen LogP contribution in [0.25, 0.3) is 0 Å². The van der Waals surface area contributed by atoms with Gasteiger partial charge in [-0.3, -0.25) is 4.79 Å². The zero-order chi connectivity index (χ0) is 16.3. The Balaban J connectivity index is 3.25. The number of halogens is 6. The third-order valence-electron chi connectivity index (χ3n) is 2.49.